The maximum Gasteiger partial charge on any atom is 0.177 e. The summed E-state index contributed by atoms with van der Waals surface area (Å²) in [6, 6.07) is 8.58. The van der Waals surface area contributed by atoms with Crippen molar-refractivity contribution in [3.8, 4) is 11.1 Å². The van der Waals surface area contributed by atoms with Crippen molar-refractivity contribution in [1.29, 1.82) is 0 Å². The van der Waals surface area contributed by atoms with Crippen LogP contribution in [0.2, 0.25) is 5.02 Å². The first-order valence-corrected chi connectivity index (χ1v) is 7.15. The van der Waals surface area contributed by atoms with Gasteiger partial charge in [0.15, 0.2) is 9.84 Å². The summed E-state index contributed by atoms with van der Waals surface area (Å²) in [6.07, 6.45) is 4.46. The van der Waals surface area contributed by atoms with Crippen LogP contribution >= 0.6 is 11.6 Å². The average Bonchev–Trinajstić information content (AvgIpc) is 2.29. The van der Waals surface area contributed by atoms with Gasteiger partial charge < -0.3 is 0 Å². The van der Waals surface area contributed by atoms with E-state index in [9.17, 15) is 8.42 Å². The van der Waals surface area contributed by atoms with Gasteiger partial charge in [0, 0.05) is 18.6 Å². The summed E-state index contributed by atoms with van der Waals surface area (Å²) in [5, 5.41) is 0.241. The maximum absolute atomic E-state index is 11.5. The third kappa shape index (κ3) is 2.65. The van der Waals surface area contributed by atoms with Crippen molar-refractivity contribution in [2.24, 2.45) is 0 Å². The smallest absolute Gasteiger partial charge is 0.177 e. The summed E-state index contributed by atoms with van der Waals surface area (Å²) in [7, 11) is -3.31. The molecule has 0 fully saturated rings. The lowest BCUT2D eigenvalue weighted by Gasteiger charge is -2.06. The van der Waals surface area contributed by atoms with E-state index in [0.29, 0.717) is 0 Å². The molecular weight excluding hydrogens is 258 g/mol. The van der Waals surface area contributed by atoms with E-state index in [1.54, 1.807) is 30.6 Å². The molecule has 0 amide bonds. The summed E-state index contributed by atoms with van der Waals surface area (Å²) in [6.45, 7) is 0. The van der Waals surface area contributed by atoms with Gasteiger partial charge in [-0.1, -0.05) is 17.7 Å². The lowest BCUT2D eigenvalue weighted by Crippen LogP contribution is -1.98. The Morgan fingerprint density at radius 1 is 1.06 bits per heavy atom. The molecule has 0 atom stereocenters. The van der Waals surface area contributed by atoms with Crippen LogP contribution in [0.15, 0.2) is 47.6 Å². The monoisotopic (exact) mass is 267 g/mol. The van der Waals surface area contributed by atoms with Gasteiger partial charge >= 0.3 is 0 Å². The molecule has 0 radical (unpaired) electrons. The van der Waals surface area contributed by atoms with Crippen molar-refractivity contribution >= 4 is 21.4 Å². The maximum atomic E-state index is 11.5. The van der Waals surface area contributed by atoms with Crippen molar-refractivity contribution in [3.63, 3.8) is 0 Å². The zero-order chi connectivity index (χ0) is 12.5. The standard InChI is InChI=1S/C12H10ClNO2S/c1-17(15,16)12-8-10(2-3-11(12)13)9-4-6-14-7-5-9/h2-8H,1H3. The fourth-order valence-electron chi connectivity index (χ4n) is 1.51. The summed E-state index contributed by atoms with van der Waals surface area (Å²) in [4.78, 5) is 4.06. The largest absolute Gasteiger partial charge is 0.265 e. The number of halogens is 1. The van der Waals surface area contributed by atoms with Crippen molar-refractivity contribution in [2.45, 2.75) is 4.90 Å². The van der Waals surface area contributed by atoms with Crippen molar-refractivity contribution in [3.05, 3.63) is 47.7 Å². The van der Waals surface area contributed by atoms with Crippen LogP contribution in [0, 0.1) is 0 Å². The minimum atomic E-state index is -3.31. The van der Waals surface area contributed by atoms with Crippen LogP contribution in [0.1, 0.15) is 0 Å². The van der Waals surface area contributed by atoms with Crippen LogP contribution in [-0.4, -0.2) is 19.7 Å². The molecule has 0 aliphatic carbocycles. The molecule has 17 heavy (non-hydrogen) atoms. The molecule has 1 aromatic carbocycles. The molecule has 3 nitrogen and oxygen atoms in total. The highest BCUT2D eigenvalue weighted by molar-refractivity contribution is 7.90. The Morgan fingerprint density at radius 2 is 1.71 bits per heavy atom. The molecule has 0 unspecified atom stereocenters. The molecule has 1 aromatic heterocycles. The average molecular weight is 268 g/mol. The molecule has 0 N–H and O–H groups in total. The Morgan fingerprint density at radius 3 is 2.29 bits per heavy atom. The number of sulfone groups is 1. The summed E-state index contributed by atoms with van der Waals surface area (Å²) in [5.74, 6) is 0. The first-order chi connectivity index (χ1) is 7.98. The number of rotatable bonds is 2. The third-order valence-electron chi connectivity index (χ3n) is 2.34. The zero-order valence-corrected chi connectivity index (χ0v) is 10.7. The molecule has 0 bridgehead atoms. The second-order valence-electron chi connectivity index (χ2n) is 3.65. The highest BCUT2D eigenvalue weighted by Crippen LogP contribution is 2.27. The lowest BCUT2D eigenvalue weighted by molar-refractivity contribution is 0.602. The van der Waals surface area contributed by atoms with E-state index in [4.69, 9.17) is 11.6 Å². The van der Waals surface area contributed by atoms with Crippen molar-refractivity contribution < 1.29 is 8.42 Å². The second kappa shape index (κ2) is 4.47. The Bertz CT molecular complexity index is 639. The van der Waals surface area contributed by atoms with Gasteiger partial charge in [0.25, 0.3) is 0 Å². The highest BCUT2D eigenvalue weighted by Gasteiger charge is 2.13. The van der Waals surface area contributed by atoms with Crippen molar-refractivity contribution in [1.82, 2.24) is 4.98 Å². The van der Waals surface area contributed by atoms with Gasteiger partial charge in [-0.25, -0.2) is 8.42 Å². The highest BCUT2D eigenvalue weighted by atomic mass is 35.5. The number of nitrogens with zero attached hydrogens (tertiary/aromatic N) is 1. The van der Waals surface area contributed by atoms with Gasteiger partial charge in [0.1, 0.15) is 0 Å². The van der Waals surface area contributed by atoms with E-state index in [-0.39, 0.29) is 9.92 Å². The number of pyridine rings is 1. The third-order valence-corrected chi connectivity index (χ3v) is 3.92. The Balaban J connectivity index is 2.61. The number of benzene rings is 1. The van der Waals surface area contributed by atoms with Crippen LogP contribution < -0.4 is 0 Å². The van der Waals surface area contributed by atoms with E-state index in [1.807, 2.05) is 12.1 Å². The predicted molar refractivity (Wildman–Crippen MR) is 67.8 cm³/mol. The van der Waals surface area contributed by atoms with E-state index >= 15 is 0 Å². The molecule has 0 saturated heterocycles. The van der Waals surface area contributed by atoms with Gasteiger partial charge in [0.2, 0.25) is 0 Å². The molecule has 2 rings (SSSR count). The van der Waals surface area contributed by atoms with E-state index in [2.05, 4.69) is 4.98 Å². The molecule has 0 aliphatic heterocycles. The Labute approximate surface area is 105 Å². The molecule has 5 heteroatoms. The summed E-state index contributed by atoms with van der Waals surface area (Å²) < 4.78 is 23.1. The quantitative estimate of drug-likeness (QED) is 0.841. The topological polar surface area (TPSA) is 47.0 Å². The first kappa shape index (κ1) is 12.1. The van der Waals surface area contributed by atoms with Crippen LogP contribution in [0.5, 0.6) is 0 Å². The SMILES string of the molecule is CS(=O)(=O)c1cc(-c2ccncc2)ccc1Cl. The summed E-state index contributed by atoms with van der Waals surface area (Å²) >= 11 is 5.88. The molecule has 0 aliphatic rings. The Hall–Kier alpha value is -1.39. The lowest BCUT2D eigenvalue weighted by atomic mass is 10.1. The van der Waals surface area contributed by atoms with Gasteiger partial charge in [-0.2, -0.15) is 0 Å². The molecule has 2 aromatic rings. The minimum Gasteiger partial charge on any atom is -0.265 e. The number of hydrogen-bond donors (Lipinski definition) is 0. The molecule has 0 spiro atoms. The van der Waals surface area contributed by atoms with Crippen LogP contribution in [-0.2, 0) is 9.84 Å². The Kier molecular flexibility index (Phi) is 3.17. The first-order valence-electron chi connectivity index (χ1n) is 4.88. The van der Waals surface area contributed by atoms with Gasteiger partial charge in [-0.3, -0.25) is 4.98 Å². The number of aromatic nitrogens is 1. The molecule has 0 saturated carbocycles. The van der Waals surface area contributed by atoms with E-state index < -0.39 is 9.84 Å². The van der Waals surface area contributed by atoms with Gasteiger partial charge in [0.05, 0.1) is 9.92 Å². The molecular formula is C12H10ClNO2S. The van der Waals surface area contributed by atoms with Crippen LogP contribution in [0.3, 0.4) is 0 Å². The fourth-order valence-corrected chi connectivity index (χ4v) is 2.81. The minimum absolute atomic E-state index is 0.147. The molecule has 1 heterocycles. The van der Waals surface area contributed by atoms with E-state index in [1.165, 1.54) is 0 Å². The van der Waals surface area contributed by atoms with Crippen molar-refractivity contribution in [2.75, 3.05) is 6.26 Å². The summed E-state index contributed by atoms with van der Waals surface area (Å²) in [5.41, 5.74) is 1.71. The van der Waals surface area contributed by atoms with Gasteiger partial charge in [-0.05, 0) is 35.4 Å². The fraction of sp³-hybridized carbons (Fsp3) is 0.0833. The second-order valence-corrected chi connectivity index (χ2v) is 6.04. The zero-order valence-electron chi connectivity index (χ0n) is 9.09. The van der Waals surface area contributed by atoms with Crippen LogP contribution in [0.25, 0.3) is 11.1 Å². The van der Waals surface area contributed by atoms with Crippen LogP contribution in [0.4, 0.5) is 0 Å². The van der Waals surface area contributed by atoms with Gasteiger partial charge in [-0.15, -0.1) is 0 Å². The van der Waals surface area contributed by atoms with E-state index in [0.717, 1.165) is 17.4 Å². The number of hydrogen-bond acceptors (Lipinski definition) is 3. The molecule has 88 valence electrons. The predicted octanol–water partition coefficient (Wildman–Crippen LogP) is 2.81. The normalized spacial score (nSPS) is 11.4.